The quantitative estimate of drug-likeness (QED) is 0.202. The zero-order valence-electron chi connectivity index (χ0n) is 25.4. The van der Waals surface area contributed by atoms with E-state index < -0.39 is 0 Å². The van der Waals surface area contributed by atoms with Gasteiger partial charge in [-0.05, 0) is 93.7 Å². The summed E-state index contributed by atoms with van der Waals surface area (Å²) in [5.74, 6) is 0. The monoisotopic (exact) mass is 576 g/mol. The minimum atomic E-state index is -0.0313. The van der Waals surface area contributed by atoms with E-state index in [-0.39, 0.29) is 5.41 Å². The van der Waals surface area contributed by atoms with E-state index in [0.29, 0.717) is 0 Å². The highest BCUT2D eigenvalue weighted by atomic mass is 15.1. The van der Waals surface area contributed by atoms with Gasteiger partial charge in [0.25, 0.3) is 0 Å². The molecule has 0 N–H and O–H groups in total. The Bertz CT molecular complexity index is 2410. The maximum absolute atomic E-state index is 2.43. The van der Waals surface area contributed by atoms with Crippen molar-refractivity contribution in [3.05, 3.63) is 169 Å². The lowest BCUT2D eigenvalue weighted by atomic mass is 9.82. The summed E-state index contributed by atoms with van der Waals surface area (Å²) >= 11 is 0. The van der Waals surface area contributed by atoms with Gasteiger partial charge in [0.05, 0.1) is 11.0 Å². The Balaban J connectivity index is 1.30. The summed E-state index contributed by atoms with van der Waals surface area (Å²) in [4.78, 5) is 2.43. The van der Waals surface area contributed by atoms with Crippen molar-refractivity contribution >= 4 is 49.6 Å². The fraction of sp³-hybridized carbons (Fsp3) is 0.0698. The standard InChI is InChI=1S/C43H32N2/c1-43(2)39-18-10-8-16-35(39)37-27-33(22-24-40(37)43)44(32-21-20-29-12-6-7-13-30(29)26-32)34-23-25-42-38(28-34)36-17-9-11-19-41(36)45(42)31-14-4-3-5-15-31/h3-28H,1-2H3. The third-order valence-corrected chi connectivity index (χ3v) is 9.75. The van der Waals surface area contributed by atoms with Gasteiger partial charge < -0.3 is 9.47 Å². The molecule has 7 aromatic carbocycles. The molecule has 0 fully saturated rings. The molecule has 2 heteroatoms. The molecule has 0 radical (unpaired) electrons. The van der Waals surface area contributed by atoms with Gasteiger partial charge in [-0.1, -0.05) is 111 Å². The van der Waals surface area contributed by atoms with Crippen LogP contribution in [0.15, 0.2) is 158 Å². The summed E-state index contributed by atoms with van der Waals surface area (Å²) in [6.45, 7) is 4.68. The molecular formula is C43H32N2. The third-order valence-electron chi connectivity index (χ3n) is 9.75. The van der Waals surface area contributed by atoms with Crippen molar-refractivity contribution in [1.29, 1.82) is 0 Å². The van der Waals surface area contributed by atoms with Crippen LogP contribution in [0.3, 0.4) is 0 Å². The smallest absolute Gasteiger partial charge is 0.0542 e. The molecule has 214 valence electrons. The highest BCUT2D eigenvalue weighted by Gasteiger charge is 2.35. The lowest BCUT2D eigenvalue weighted by Crippen LogP contribution is -2.15. The van der Waals surface area contributed by atoms with Crippen molar-refractivity contribution < 1.29 is 0 Å². The highest BCUT2D eigenvalue weighted by Crippen LogP contribution is 2.51. The van der Waals surface area contributed by atoms with Gasteiger partial charge in [0, 0.05) is 38.9 Å². The van der Waals surface area contributed by atoms with Gasteiger partial charge in [-0.25, -0.2) is 0 Å². The number of aromatic nitrogens is 1. The van der Waals surface area contributed by atoms with E-state index in [2.05, 4.69) is 181 Å². The molecule has 0 unspecified atom stereocenters. The predicted octanol–water partition coefficient (Wildman–Crippen LogP) is 11.7. The van der Waals surface area contributed by atoms with E-state index in [9.17, 15) is 0 Å². The molecule has 45 heavy (non-hydrogen) atoms. The minimum Gasteiger partial charge on any atom is -0.310 e. The lowest BCUT2D eigenvalue weighted by Gasteiger charge is -2.27. The number of fused-ring (bicyclic) bond motifs is 7. The molecule has 0 amide bonds. The largest absolute Gasteiger partial charge is 0.310 e. The zero-order valence-corrected chi connectivity index (χ0v) is 25.4. The first-order chi connectivity index (χ1) is 22.1. The van der Waals surface area contributed by atoms with Crippen molar-refractivity contribution in [3.63, 3.8) is 0 Å². The second kappa shape index (κ2) is 9.70. The van der Waals surface area contributed by atoms with Crippen molar-refractivity contribution in [2.45, 2.75) is 19.3 Å². The Labute approximate surface area is 263 Å². The van der Waals surface area contributed by atoms with Gasteiger partial charge >= 0.3 is 0 Å². The maximum atomic E-state index is 2.43. The first kappa shape index (κ1) is 25.9. The second-order valence-corrected chi connectivity index (χ2v) is 12.7. The maximum Gasteiger partial charge on any atom is 0.0542 e. The van der Waals surface area contributed by atoms with Gasteiger partial charge in [-0.15, -0.1) is 0 Å². The van der Waals surface area contributed by atoms with Crippen molar-refractivity contribution in [1.82, 2.24) is 4.57 Å². The van der Waals surface area contributed by atoms with Crippen LogP contribution < -0.4 is 4.90 Å². The number of benzene rings is 7. The molecule has 1 aliphatic carbocycles. The number of para-hydroxylation sites is 2. The van der Waals surface area contributed by atoms with Crippen molar-refractivity contribution in [2.75, 3.05) is 4.90 Å². The van der Waals surface area contributed by atoms with E-state index in [1.54, 1.807) is 0 Å². The van der Waals surface area contributed by atoms with Gasteiger partial charge in [0.2, 0.25) is 0 Å². The Kier molecular flexibility index (Phi) is 5.58. The summed E-state index contributed by atoms with van der Waals surface area (Å²) in [5, 5.41) is 4.97. The molecule has 8 aromatic rings. The second-order valence-electron chi connectivity index (χ2n) is 12.7. The van der Waals surface area contributed by atoms with E-state index in [1.807, 2.05) is 0 Å². The number of rotatable bonds is 4. The molecule has 2 nitrogen and oxygen atoms in total. The summed E-state index contributed by atoms with van der Waals surface area (Å²) in [6.07, 6.45) is 0. The van der Waals surface area contributed by atoms with Crippen LogP contribution >= 0.6 is 0 Å². The molecule has 0 saturated carbocycles. The molecule has 0 spiro atoms. The number of anilines is 3. The highest BCUT2D eigenvalue weighted by molar-refractivity contribution is 6.10. The fourth-order valence-electron chi connectivity index (χ4n) is 7.57. The first-order valence-electron chi connectivity index (χ1n) is 15.7. The Morgan fingerprint density at radius 1 is 0.444 bits per heavy atom. The van der Waals surface area contributed by atoms with Gasteiger partial charge in [-0.3, -0.25) is 0 Å². The molecule has 0 saturated heterocycles. The van der Waals surface area contributed by atoms with E-state index in [0.717, 1.165) is 17.1 Å². The summed E-state index contributed by atoms with van der Waals surface area (Å²) in [7, 11) is 0. The molecule has 1 heterocycles. The fourth-order valence-corrected chi connectivity index (χ4v) is 7.57. The average molecular weight is 577 g/mol. The van der Waals surface area contributed by atoms with Crippen LogP contribution in [-0.2, 0) is 5.41 Å². The predicted molar refractivity (Wildman–Crippen MR) is 191 cm³/mol. The summed E-state index contributed by atoms with van der Waals surface area (Å²) < 4.78 is 2.38. The molecule has 9 rings (SSSR count). The topological polar surface area (TPSA) is 8.17 Å². The van der Waals surface area contributed by atoms with Crippen LogP contribution in [0.4, 0.5) is 17.1 Å². The molecule has 0 aliphatic heterocycles. The third kappa shape index (κ3) is 3.89. The van der Waals surface area contributed by atoms with Gasteiger partial charge in [-0.2, -0.15) is 0 Å². The Morgan fingerprint density at radius 2 is 1.07 bits per heavy atom. The van der Waals surface area contributed by atoms with Crippen molar-refractivity contribution in [3.8, 4) is 16.8 Å². The number of nitrogens with zero attached hydrogens (tertiary/aromatic N) is 2. The zero-order chi connectivity index (χ0) is 30.1. The van der Waals surface area contributed by atoms with E-state index in [1.165, 1.54) is 60.5 Å². The molecule has 0 atom stereocenters. The summed E-state index contributed by atoms with van der Waals surface area (Å²) in [5.41, 5.74) is 12.4. The number of hydrogen-bond donors (Lipinski definition) is 0. The van der Waals surface area contributed by atoms with Crippen LogP contribution in [0.25, 0.3) is 49.4 Å². The number of hydrogen-bond acceptors (Lipinski definition) is 1. The normalized spacial score (nSPS) is 13.3. The van der Waals surface area contributed by atoms with Crippen molar-refractivity contribution in [2.24, 2.45) is 0 Å². The van der Waals surface area contributed by atoms with Gasteiger partial charge in [0.15, 0.2) is 0 Å². The molecule has 1 aromatic heterocycles. The van der Waals surface area contributed by atoms with E-state index >= 15 is 0 Å². The minimum absolute atomic E-state index is 0.0313. The summed E-state index contributed by atoms with van der Waals surface area (Å²) in [6, 6.07) is 57.7. The first-order valence-corrected chi connectivity index (χ1v) is 15.7. The van der Waals surface area contributed by atoms with Crippen LogP contribution in [0.1, 0.15) is 25.0 Å². The SMILES string of the molecule is CC1(C)c2ccccc2-c2cc(N(c3ccc4ccccc4c3)c3ccc4c(c3)c3ccccc3n4-c3ccccc3)ccc21. The average Bonchev–Trinajstić information content (AvgIpc) is 3.53. The molecular weight excluding hydrogens is 544 g/mol. The van der Waals surface area contributed by atoms with Crippen LogP contribution in [-0.4, -0.2) is 4.57 Å². The lowest BCUT2D eigenvalue weighted by molar-refractivity contribution is 0.660. The Hall–Kier alpha value is -5.60. The van der Waals surface area contributed by atoms with E-state index in [4.69, 9.17) is 0 Å². The Morgan fingerprint density at radius 3 is 1.96 bits per heavy atom. The van der Waals surface area contributed by atoms with Crippen LogP contribution in [0.5, 0.6) is 0 Å². The van der Waals surface area contributed by atoms with Crippen LogP contribution in [0.2, 0.25) is 0 Å². The van der Waals surface area contributed by atoms with Crippen LogP contribution in [0, 0.1) is 0 Å². The molecule has 0 bridgehead atoms. The molecule has 1 aliphatic rings. The van der Waals surface area contributed by atoms with Gasteiger partial charge in [0.1, 0.15) is 0 Å².